The summed E-state index contributed by atoms with van der Waals surface area (Å²) >= 11 is 2.23. The van der Waals surface area contributed by atoms with E-state index in [0.717, 1.165) is 29.5 Å². The van der Waals surface area contributed by atoms with E-state index in [1.807, 2.05) is 0 Å². The molecule has 0 radical (unpaired) electrons. The van der Waals surface area contributed by atoms with Crippen molar-refractivity contribution in [2.45, 2.75) is 23.0 Å². The monoisotopic (exact) mass is 419 g/mol. The molecule has 7 heteroatoms. The van der Waals surface area contributed by atoms with Gasteiger partial charge in [0.2, 0.25) is 0 Å². The number of piperidine rings is 1. The van der Waals surface area contributed by atoms with E-state index in [1.165, 1.54) is 7.11 Å². The molecule has 0 unspecified atom stereocenters. The van der Waals surface area contributed by atoms with Gasteiger partial charge in [-0.3, -0.25) is 4.79 Å². The Morgan fingerprint density at radius 3 is 2.91 bits per heavy atom. The van der Waals surface area contributed by atoms with E-state index in [1.54, 1.807) is 19.2 Å². The normalized spacial score (nSPS) is 21.4. The van der Waals surface area contributed by atoms with E-state index < -0.39 is 0 Å². The van der Waals surface area contributed by atoms with Gasteiger partial charge in [0, 0.05) is 29.8 Å². The van der Waals surface area contributed by atoms with Gasteiger partial charge in [-0.15, -0.1) is 0 Å². The number of anilines is 1. The molecule has 4 N–H and O–H groups in total. The molecule has 1 aromatic carbocycles. The largest absolute Gasteiger partial charge is 0.496 e. The summed E-state index contributed by atoms with van der Waals surface area (Å²) in [5, 5.41) is 6.31. The molecular weight excluding hydrogens is 397 g/mol. The highest BCUT2D eigenvalue weighted by molar-refractivity contribution is 14.1. The van der Waals surface area contributed by atoms with Crippen LogP contribution in [0.3, 0.4) is 0 Å². The SMILES string of the molecule is COc1cc(N)c(CI)cc1C(=O)N[C@@H]1CCNC[C@@H]1OC. The maximum atomic E-state index is 12.6. The molecule has 0 aliphatic carbocycles. The average molecular weight is 419 g/mol. The van der Waals surface area contributed by atoms with Crippen molar-refractivity contribution in [3.63, 3.8) is 0 Å². The number of rotatable bonds is 5. The number of methoxy groups -OCH3 is 2. The van der Waals surface area contributed by atoms with Crippen LogP contribution in [-0.2, 0) is 9.16 Å². The zero-order valence-corrected chi connectivity index (χ0v) is 15.0. The number of hydrogen-bond acceptors (Lipinski definition) is 5. The second kappa shape index (κ2) is 7.98. The van der Waals surface area contributed by atoms with Crippen molar-refractivity contribution in [2.24, 2.45) is 0 Å². The molecule has 122 valence electrons. The number of nitrogen functional groups attached to an aromatic ring is 1. The van der Waals surface area contributed by atoms with Crippen LogP contribution in [0.4, 0.5) is 5.69 Å². The average Bonchev–Trinajstić information content (AvgIpc) is 2.54. The lowest BCUT2D eigenvalue weighted by Crippen LogP contribution is -2.53. The van der Waals surface area contributed by atoms with Gasteiger partial charge in [0.15, 0.2) is 0 Å². The summed E-state index contributed by atoms with van der Waals surface area (Å²) in [6.07, 6.45) is 0.808. The predicted molar refractivity (Wildman–Crippen MR) is 94.7 cm³/mol. The van der Waals surface area contributed by atoms with Crippen LogP contribution in [0.1, 0.15) is 22.3 Å². The van der Waals surface area contributed by atoms with Crippen LogP contribution in [0, 0.1) is 0 Å². The van der Waals surface area contributed by atoms with Crippen molar-refractivity contribution in [3.8, 4) is 5.75 Å². The Kier molecular flexibility index (Phi) is 6.27. The summed E-state index contributed by atoms with van der Waals surface area (Å²) in [6, 6.07) is 3.50. The number of nitrogens with two attached hydrogens (primary N) is 1. The fourth-order valence-corrected chi connectivity index (χ4v) is 3.25. The number of alkyl halides is 1. The molecule has 0 saturated carbocycles. The molecule has 1 aliphatic rings. The van der Waals surface area contributed by atoms with Gasteiger partial charge in [-0.25, -0.2) is 0 Å². The molecule has 1 aliphatic heterocycles. The van der Waals surface area contributed by atoms with E-state index in [0.29, 0.717) is 17.0 Å². The Labute approximate surface area is 144 Å². The summed E-state index contributed by atoms with van der Waals surface area (Å²) in [6.45, 7) is 1.60. The van der Waals surface area contributed by atoms with Crippen LogP contribution in [-0.4, -0.2) is 45.4 Å². The zero-order valence-electron chi connectivity index (χ0n) is 12.8. The number of ether oxygens (including phenoxy) is 2. The molecular formula is C15H22IN3O3. The fourth-order valence-electron chi connectivity index (χ4n) is 2.59. The van der Waals surface area contributed by atoms with Gasteiger partial charge in [-0.05, 0) is 24.6 Å². The molecule has 0 bridgehead atoms. The summed E-state index contributed by atoms with van der Waals surface area (Å²) in [4.78, 5) is 12.6. The lowest BCUT2D eigenvalue weighted by molar-refractivity contribution is 0.0476. The van der Waals surface area contributed by atoms with Gasteiger partial charge in [0.05, 0.1) is 24.8 Å². The Hall–Kier alpha value is -1.06. The quantitative estimate of drug-likeness (QED) is 0.381. The minimum absolute atomic E-state index is 0.0101. The molecule has 2 rings (SSSR count). The van der Waals surface area contributed by atoms with Crippen molar-refractivity contribution in [1.29, 1.82) is 0 Å². The molecule has 6 nitrogen and oxygen atoms in total. The van der Waals surface area contributed by atoms with Crippen LogP contribution in [0.2, 0.25) is 0 Å². The zero-order chi connectivity index (χ0) is 16.1. The second-order valence-corrected chi connectivity index (χ2v) is 5.99. The van der Waals surface area contributed by atoms with E-state index in [2.05, 4.69) is 33.2 Å². The molecule has 1 aromatic rings. The highest BCUT2D eigenvalue weighted by Crippen LogP contribution is 2.27. The van der Waals surface area contributed by atoms with E-state index in [-0.39, 0.29) is 18.1 Å². The Morgan fingerprint density at radius 2 is 2.27 bits per heavy atom. The topological polar surface area (TPSA) is 85.6 Å². The number of carbonyl (C=O) groups excluding carboxylic acids is 1. The number of hydrogen-bond donors (Lipinski definition) is 3. The van der Waals surface area contributed by atoms with Crippen molar-refractivity contribution in [2.75, 3.05) is 33.0 Å². The number of benzene rings is 1. The van der Waals surface area contributed by atoms with Crippen molar-refractivity contribution in [1.82, 2.24) is 10.6 Å². The number of halogens is 1. The van der Waals surface area contributed by atoms with Crippen LogP contribution < -0.4 is 21.1 Å². The van der Waals surface area contributed by atoms with E-state index in [9.17, 15) is 4.79 Å². The molecule has 1 heterocycles. The maximum absolute atomic E-state index is 12.6. The van der Waals surface area contributed by atoms with Crippen molar-refractivity contribution >= 4 is 34.2 Å². The first kappa shape index (κ1) is 17.3. The Bertz CT molecular complexity index is 539. The molecule has 22 heavy (non-hydrogen) atoms. The maximum Gasteiger partial charge on any atom is 0.255 e. The molecule has 2 atom stereocenters. The smallest absolute Gasteiger partial charge is 0.255 e. The summed E-state index contributed by atoms with van der Waals surface area (Å²) < 4.78 is 11.5. The first-order valence-corrected chi connectivity index (χ1v) is 8.70. The first-order valence-electron chi connectivity index (χ1n) is 7.17. The minimum Gasteiger partial charge on any atom is -0.496 e. The van der Waals surface area contributed by atoms with Crippen LogP contribution >= 0.6 is 22.6 Å². The number of carbonyl (C=O) groups is 1. The third kappa shape index (κ3) is 3.82. The van der Waals surface area contributed by atoms with Crippen molar-refractivity contribution < 1.29 is 14.3 Å². The Morgan fingerprint density at radius 1 is 1.50 bits per heavy atom. The standard InChI is InChI=1S/C15H22IN3O3/c1-21-13-6-11(17)9(7-16)5-10(13)15(20)19-12-3-4-18-8-14(12)22-2/h5-6,12,14,18H,3-4,7-8,17H2,1-2H3,(H,19,20)/t12-,14+/m1/s1. The lowest BCUT2D eigenvalue weighted by Gasteiger charge is -2.31. The molecule has 1 fully saturated rings. The molecule has 1 amide bonds. The molecule has 1 saturated heterocycles. The van der Waals surface area contributed by atoms with Crippen LogP contribution in [0.25, 0.3) is 0 Å². The highest BCUT2D eigenvalue weighted by atomic mass is 127. The summed E-state index contributed by atoms with van der Waals surface area (Å²) in [7, 11) is 3.20. The molecule has 0 aromatic heterocycles. The van der Waals surface area contributed by atoms with Gasteiger partial charge in [0.1, 0.15) is 5.75 Å². The molecule has 0 spiro atoms. The lowest BCUT2D eigenvalue weighted by atomic mass is 10.0. The Balaban J connectivity index is 2.21. The summed E-state index contributed by atoms with van der Waals surface area (Å²) in [5.41, 5.74) is 8.04. The fraction of sp³-hybridized carbons (Fsp3) is 0.533. The summed E-state index contributed by atoms with van der Waals surface area (Å²) in [5.74, 6) is 0.336. The van der Waals surface area contributed by atoms with Crippen molar-refractivity contribution in [3.05, 3.63) is 23.3 Å². The van der Waals surface area contributed by atoms with Gasteiger partial charge in [0.25, 0.3) is 5.91 Å². The van der Waals surface area contributed by atoms with E-state index in [4.69, 9.17) is 15.2 Å². The number of amides is 1. The third-order valence-electron chi connectivity index (χ3n) is 3.90. The second-order valence-electron chi connectivity index (χ2n) is 5.23. The minimum atomic E-state index is -0.156. The highest BCUT2D eigenvalue weighted by Gasteiger charge is 2.27. The number of nitrogens with one attached hydrogen (secondary N) is 2. The predicted octanol–water partition coefficient (Wildman–Crippen LogP) is 1.32. The van der Waals surface area contributed by atoms with Gasteiger partial charge < -0.3 is 25.8 Å². The van der Waals surface area contributed by atoms with Gasteiger partial charge >= 0.3 is 0 Å². The van der Waals surface area contributed by atoms with Crippen LogP contribution in [0.5, 0.6) is 5.75 Å². The van der Waals surface area contributed by atoms with Gasteiger partial charge in [-0.2, -0.15) is 0 Å². The van der Waals surface area contributed by atoms with E-state index >= 15 is 0 Å². The third-order valence-corrected chi connectivity index (χ3v) is 4.72. The van der Waals surface area contributed by atoms with Gasteiger partial charge in [-0.1, -0.05) is 22.6 Å². The first-order chi connectivity index (χ1) is 10.6. The van der Waals surface area contributed by atoms with Crippen LogP contribution in [0.15, 0.2) is 12.1 Å².